The van der Waals surface area contributed by atoms with E-state index in [1.54, 1.807) is 12.1 Å². The Morgan fingerprint density at radius 2 is 1.57 bits per heavy atom. The number of hydrogen-bond donors (Lipinski definition) is 0. The molecule has 4 aromatic rings. The van der Waals surface area contributed by atoms with Crippen LogP contribution in [0.3, 0.4) is 0 Å². The Bertz CT molecular complexity index is 1140. The van der Waals surface area contributed by atoms with E-state index in [1.165, 1.54) is 17.3 Å². The Morgan fingerprint density at radius 1 is 0.900 bits per heavy atom. The zero-order chi connectivity index (χ0) is 21.3. The monoisotopic (exact) mass is 439 g/mol. The molecule has 0 spiro atoms. The largest absolute Gasteiger partial charge is 0.420 e. The molecule has 0 bridgehead atoms. The van der Waals surface area contributed by atoms with Crippen molar-refractivity contribution < 1.29 is 4.42 Å². The van der Waals surface area contributed by atoms with Crippen molar-refractivity contribution in [3.63, 3.8) is 0 Å². The molecule has 0 saturated carbocycles. The van der Waals surface area contributed by atoms with Crippen molar-refractivity contribution in [2.24, 2.45) is 7.05 Å². The highest BCUT2D eigenvalue weighted by atomic mass is 35.5. The summed E-state index contributed by atoms with van der Waals surface area (Å²) in [5, 5.41) is 18.4. The Kier molecular flexibility index (Phi) is 5.66. The van der Waals surface area contributed by atoms with Gasteiger partial charge in [0.25, 0.3) is 0 Å². The highest BCUT2D eigenvalue weighted by Gasteiger charge is 2.16. The predicted octanol–water partition coefficient (Wildman–Crippen LogP) is 5.78. The van der Waals surface area contributed by atoms with Crippen LogP contribution in [-0.2, 0) is 18.2 Å². The number of halogens is 1. The lowest BCUT2D eigenvalue weighted by Gasteiger charge is -2.19. The fourth-order valence-corrected chi connectivity index (χ4v) is 3.83. The average molecular weight is 440 g/mol. The molecule has 0 radical (unpaired) electrons. The SMILES string of the molecule is Cn1c(SCc2nnc(-c3ccc(Cl)cc3)o2)nnc1-c1ccc(C(C)(C)C)cc1. The number of hydrogen-bond acceptors (Lipinski definition) is 6. The molecule has 0 N–H and O–H groups in total. The predicted molar refractivity (Wildman–Crippen MR) is 119 cm³/mol. The molecule has 0 fully saturated rings. The third-order valence-electron chi connectivity index (χ3n) is 4.73. The molecule has 154 valence electrons. The minimum absolute atomic E-state index is 0.119. The summed E-state index contributed by atoms with van der Waals surface area (Å²) in [6, 6.07) is 15.8. The first-order chi connectivity index (χ1) is 14.3. The van der Waals surface area contributed by atoms with Gasteiger partial charge in [-0.05, 0) is 35.2 Å². The molecule has 8 heteroatoms. The molecule has 2 aromatic carbocycles. The first kappa shape index (κ1) is 20.6. The van der Waals surface area contributed by atoms with Gasteiger partial charge in [0.05, 0.1) is 5.75 Å². The molecule has 2 aromatic heterocycles. The van der Waals surface area contributed by atoms with Crippen molar-refractivity contribution in [2.45, 2.75) is 37.1 Å². The second kappa shape index (κ2) is 8.24. The van der Waals surface area contributed by atoms with Crippen LogP contribution in [0.25, 0.3) is 22.8 Å². The molecule has 0 aliphatic carbocycles. The zero-order valence-corrected chi connectivity index (χ0v) is 18.8. The summed E-state index contributed by atoms with van der Waals surface area (Å²) in [5.74, 6) is 2.34. The summed E-state index contributed by atoms with van der Waals surface area (Å²) in [5.41, 5.74) is 3.28. The minimum Gasteiger partial charge on any atom is -0.420 e. The van der Waals surface area contributed by atoms with E-state index in [0.29, 0.717) is 22.6 Å². The van der Waals surface area contributed by atoms with Crippen LogP contribution >= 0.6 is 23.4 Å². The summed E-state index contributed by atoms with van der Waals surface area (Å²) in [4.78, 5) is 0. The van der Waals surface area contributed by atoms with Gasteiger partial charge in [0.2, 0.25) is 11.8 Å². The van der Waals surface area contributed by atoms with Gasteiger partial charge in [-0.1, -0.05) is 68.4 Å². The van der Waals surface area contributed by atoms with Gasteiger partial charge >= 0.3 is 0 Å². The lowest BCUT2D eigenvalue weighted by atomic mass is 9.87. The Labute approximate surface area is 184 Å². The molecule has 0 atom stereocenters. The van der Waals surface area contributed by atoms with Crippen LogP contribution in [0.4, 0.5) is 0 Å². The Morgan fingerprint density at radius 3 is 2.23 bits per heavy atom. The summed E-state index contributed by atoms with van der Waals surface area (Å²) in [6.07, 6.45) is 0. The molecular weight excluding hydrogens is 418 g/mol. The fourth-order valence-electron chi connectivity index (χ4n) is 2.96. The van der Waals surface area contributed by atoms with Gasteiger partial charge in [0.15, 0.2) is 11.0 Å². The molecule has 6 nitrogen and oxygen atoms in total. The molecular formula is C22H22ClN5OS. The second-order valence-corrected chi connectivity index (χ2v) is 9.37. The van der Waals surface area contributed by atoms with Crippen molar-refractivity contribution in [1.82, 2.24) is 25.0 Å². The third kappa shape index (κ3) is 4.42. The first-order valence-electron chi connectivity index (χ1n) is 9.53. The molecule has 30 heavy (non-hydrogen) atoms. The van der Waals surface area contributed by atoms with Crippen LogP contribution in [-0.4, -0.2) is 25.0 Å². The minimum atomic E-state index is 0.119. The highest BCUT2D eigenvalue weighted by molar-refractivity contribution is 7.98. The third-order valence-corrected chi connectivity index (χ3v) is 5.98. The second-order valence-electron chi connectivity index (χ2n) is 7.99. The summed E-state index contributed by atoms with van der Waals surface area (Å²) in [7, 11) is 1.96. The summed E-state index contributed by atoms with van der Waals surface area (Å²) >= 11 is 7.43. The van der Waals surface area contributed by atoms with E-state index in [9.17, 15) is 0 Å². The van der Waals surface area contributed by atoms with Crippen LogP contribution < -0.4 is 0 Å². The first-order valence-corrected chi connectivity index (χ1v) is 10.9. The number of rotatable bonds is 5. The Balaban J connectivity index is 1.45. The van der Waals surface area contributed by atoms with Crippen molar-refractivity contribution in [3.8, 4) is 22.8 Å². The lowest BCUT2D eigenvalue weighted by Crippen LogP contribution is -2.10. The van der Waals surface area contributed by atoms with Crippen LogP contribution in [0.15, 0.2) is 58.1 Å². The van der Waals surface area contributed by atoms with Gasteiger partial charge in [-0.15, -0.1) is 20.4 Å². The van der Waals surface area contributed by atoms with E-state index in [0.717, 1.165) is 22.1 Å². The van der Waals surface area contributed by atoms with Crippen LogP contribution in [0, 0.1) is 0 Å². The normalized spacial score (nSPS) is 11.8. The number of thioether (sulfide) groups is 1. The zero-order valence-electron chi connectivity index (χ0n) is 17.3. The highest BCUT2D eigenvalue weighted by Crippen LogP contribution is 2.28. The quantitative estimate of drug-likeness (QED) is 0.367. The van der Waals surface area contributed by atoms with E-state index >= 15 is 0 Å². The van der Waals surface area contributed by atoms with Gasteiger partial charge in [-0.3, -0.25) is 0 Å². The van der Waals surface area contributed by atoms with E-state index in [4.69, 9.17) is 16.0 Å². The van der Waals surface area contributed by atoms with Gasteiger partial charge in [-0.25, -0.2) is 0 Å². The maximum atomic E-state index is 5.93. The standard InChI is InChI=1S/C22H22ClN5OS/c1-22(2,3)16-9-5-14(6-10-16)19-25-27-21(28(19)4)30-13-18-24-26-20(29-18)15-7-11-17(23)12-8-15/h5-12H,13H2,1-4H3. The van der Waals surface area contributed by atoms with Gasteiger partial charge < -0.3 is 8.98 Å². The topological polar surface area (TPSA) is 69.6 Å². The molecule has 4 rings (SSSR count). The van der Waals surface area contributed by atoms with E-state index in [2.05, 4.69) is 65.4 Å². The number of nitrogens with zero attached hydrogens (tertiary/aromatic N) is 5. The van der Waals surface area contributed by atoms with Crippen LogP contribution in [0.2, 0.25) is 5.02 Å². The average Bonchev–Trinajstić information content (AvgIpc) is 3.33. The van der Waals surface area contributed by atoms with Crippen LogP contribution in [0.1, 0.15) is 32.2 Å². The van der Waals surface area contributed by atoms with E-state index in [-0.39, 0.29) is 5.41 Å². The van der Waals surface area contributed by atoms with Gasteiger partial charge in [-0.2, -0.15) is 0 Å². The number of benzene rings is 2. The summed E-state index contributed by atoms with van der Waals surface area (Å²) in [6.45, 7) is 6.61. The lowest BCUT2D eigenvalue weighted by molar-refractivity contribution is 0.528. The number of aromatic nitrogens is 5. The fraction of sp³-hybridized carbons (Fsp3) is 0.273. The maximum Gasteiger partial charge on any atom is 0.247 e. The molecule has 0 amide bonds. The van der Waals surface area contributed by atoms with Crippen molar-refractivity contribution in [3.05, 3.63) is 65.0 Å². The van der Waals surface area contributed by atoms with E-state index < -0.39 is 0 Å². The smallest absolute Gasteiger partial charge is 0.247 e. The Hall–Kier alpha value is -2.64. The molecule has 0 saturated heterocycles. The molecule has 0 aliphatic rings. The summed E-state index contributed by atoms with van der Waals surface area (Å²) < 4.78 is 7.74. The molecule has 0 aliphatic heterocycles. The van der Waals surface area contributed by atoms with Crippen molar-refractivity contribution in [2.75, 3.05) is 0 Å². The van der Waals surface area contributed by atoms with Crippen LogP contribution in [0.5, 0.6) is 0 Å². The maximum absolute atomic E-state index is 5.93. The van der Waals surface area contributed by atoms with Crippen molar-refractivity contribution >= 4 is 23.4 Å². The van der Waals surface area contributed by atoms with Gasteiger partial charge in [0, 0.05) is 23.2 Å². The van der Waals surface area contributed by atoms with E-state index in [1.807, 2.05) is 23.7 Å². The van der Waals surface area contributed by atoms with Gasteiger partial charge in [0.1, 0.15) is 0 Å². The molecule has 2 heterocycles. The van der Waals surface area contributed by atoms with Crippen molar-refractivity contribution in [1.29, 1.82) is 0 Å². The molecule has 0 unspecified atom stereocenters.